The van der Waals surface area contributed by atoms with Crippen LogP contribution in [0.3, 0.4) is 0 Å². The predicted octanol–water partition coefficient (Wildman–Crippen LogP) is -0.436. The van der Waals surface area contributed by atoms with Crippen molar-refractivity contribution in [1.82, 2.24) is 0 Å². The molecule has 1 aliphatic carbocycles. The summed E-state index contributed by atoms with van der Waals surface area (Å²) in [6.07, 6.45) is 0.847. The van der Waals surface area contributed by atoms with Crippen molar-refractivity contribution >= 4 is 12.0 Å². The molecular formula is C8H4O. The van der Waals surface area contributed by atoms with Crippen molar-refractivity contribution in [1.29, 1.82) is 0 Å². The molecule has 1 aliphatic rings. The van der Waals surface area contributed by atoms with Gasteiger partial charge in [-0.2, -0.15) is 0 Å². The van der Waals surface area contributed by atoms with Crippen LogP contribution in [0.1, 0.15) is 10.4 Å². The molecule has 0 aliphatic heterocycles. The van der Waals surface area contributed by atoms with Crippen LogP contribution in [0.4, 0.5) is 0 Å². The van der Waals surface area contributed by atoms with Crippen LogP contribution >= 0.6 is 0 Å². The molecule has 1 heteroatoms. The van der Waals surface area contributed by atoms with E-state index in [1.807, 2.05) is 12.1 Å². The predicted molar refractivity (Wildman–Crippen MR) is 33.6 cm³/mol. The third kappa shape index (κ3) is 0.592. The molecule has 0 radical (unpaired) electrons. The number of aldehydes is 1. The highest BCUT2D eigenvalue weighted by Crippen LogP contribution is 1.86. The number of benzene rings is 1. The second-order valence-corrected chi connectivity index (χ2v) is 2.05. The molecule has 0 N–H and O–H groups in total. The fourth-order valence-corrected chi connectivity index (χ4v) is 0.827. The van der Waals surface area contributed by atoms with E-state index in [1.165, 1.54) is 0 Å². The van der Waals surface area contributed by atoms with Crippen LogP contribution in [-0.4, -0.2) is 6.29 Å². The quantitative estimate of drug-likeness (QED) is 0.462. The monoisotopic (exact) mass is 116 g/mol. The van der Waals surface area contributed by atoms with Crippen LogP contribution in [-0.2, 0) is 0 Å². The van der Waals surface area contributed by atoms with Crippen molar-refractivity contribution in [2.24, 2.45) is 0 Å². The summed E-state index contributed by atoms with van der Waals surface area (Å²) in [4.78, 5) is 10.2. The summed E-state index contributed by atoms with van der Waals surface area (Å²) in [5.74, 6) is 0. The van der Waals surface area contributed by atoms with E-state index in [0.29, 0.717) is 0 Å². The van der Waals surface area contributed by atoms with Gasteiger partial charge in [-0.3, -0.25) is 4.79 Å². The lowest BCUT2D eigenvalue weighted by Crippen LogP contribution is -2.06. The van der Waals surface area contributed by atoms with E-state index in [1.54, 1.807) is 6.07 Å². The minimum atomic E-state index is 0.735. The van der Waals surface area contributed by atoms with Gasteiger partial charge in [-0.25, -0.2) is 0 Å². The van der Waals surface area contributed by atoms with Gasteiger partial charge in [0.05, 0.1) is 0 Å². The third-order valence-electron chi connectivity index (χ3n) is 1.39. The van der Waals surface area contributed by atoms with Gasteiger partial charge < -0.3 is 0 Å². The van der Waals surface area contributed by atoms with Crippen LogP contribution in [0, 0.1) is 0 Å². The van der Waals surface area contributed by atoms with Gasteiger partial charge in [0.2, 0.25) is 0 Å². The highest BCUT2D eigenvalue weighted by atomic mass is 16.1. The molecule has 42 valence electrons. The number of rotatable bonds is 1. The van der Waals surface area contributed by atoms with E-state index in [2.05, 4.69) is 5.73 Å². The summed E-state index contributed by atoms with van der Waals surface area (Å²) in [5.41, 5.74) is 3.74. The highest BCUT2D eigenvalue weighted by molar-refractivity contribution is 5.75. The first-order valence-electron chi connectivity index (χ1n) is 2.76. The van der Waals surface area contributed by atoms with Crippen molar-refractivity contribution in [2.75, 3.05) is 0 Å². The molecular weight excluding hydrogens is 112 g/mol. The SMILES string of the molecule is O=Cc1ccc2c(c1)=C=2. The number of carbonyl (C=O) groups is 1. The van der Waals surface area contributed by atoms with Gasteiger partial charge in [0.1, 0.15) is 6.29 Å². The Hall–Kier alpha value is -1.33. The summed E-state index contributed by atoms with van der Waals surface area (Å²) in [5, 5.41) is 2.22. The summed E-state index contributed by atoms with van der Waals surface area (Å²) >= 11 is 0. The molecule has 0 amide bonds. The summed E-state index contributed by atoms with van der Waals surface area (Å²) in [7, 11) is 0. The number of hydrogen-bond donors (Lipinski definition) is 0. The number of hydrogen-bond acceptors (Lipinski definition) is 1. The second-order valence-electron chi connectivity index (χ2n) is 2.05. The Morgan fingerprint density at radius 1 is 1.33 bits per heavy atom. The average Bonchev–Trinajstić information content (AvgIpc) is 2.64. The molecule has 0 heterocycles. The molecule has 0 saturated carbocycles. The zero-order valence-corrected chi connectivity index (χ0v) is 4.72. The Bertz CT molecular complexity index is 384. The van der Waals surface area contributed by atoms with Crippen molar-refractivity contribution in [2.45, 2.75) is 0 Å². The first-order chi connectivity index (χ1) is 4.40. The highest BCUT2D eigenvalue weighted by Gasteiger charge is 1.95. The molecule has 1 nitrogen and oxygen atoms in total. The fourth-order valence-electron chi connectivity index (χ4n) is 0.827. The minimum Gasteiger partial charge on any atom is -0.298 e. The summed E-state index contributed by atoms with van der Waals surface area (Å²) < 4.78 is 0. The van der Waals surface area contributed by atoms with E-state index in [-0.39, 0.29) is 0 Å². The van der Waals surface area contributed by atoms with E-state index >= 15 is 0 Å². The maximum Gasteiger partial charge on any atom is 0.150 e. The van der Waals surface area contributed by atoms with Gasteiger partial charge in [0.25, 0.3) is 0 Å². The standard InChI is InChI=1S/C8H4O/c9-5-6-1-2-7-4-8(7)3-6/h1-3,5H. The number of fused-ring (bicyclic) bond motifs is 1. The maximum atomic E-state index is 10.2. The Labute approximate surface area is 51.9 Å². The molecule has 0 saturated heterocycles. The zero-order valence-electron chi connectivity index (χ0n) is 4.72. The lowest BCUT2D eigenvalue weighted by molar-refractivity contribution is 0.112. The zero-order chi connectivity index (χ0) is 6.27. The molecule has 0 bridgehead atoms. The number of carbonyl (C=O) groups excluding carboxylic acids is 1. The lowest BCUT2D eigenvalue weighted by Gasteiger charge is -1.79. The van der Waals surface area contributed by atoms with E-state index in [9.17, 15) is 4.79 Å². The van der Waals surface area contributed by atoms with Crippen molar-refractivity contribution in [3.63, 3.8) is 0 Å². The molecule has 0 fully saturated rings. The Kier molecular flexibility index (Phi) is 0.674. The van der Waals surface area contributed by atoms with E-state index in [0.717, 1.165) is 22.3 Å². The lowest BCUT2D eigenvalue weighted by atomic mass is 10.2. The van der Waals surface area contributed by atoms with Crippen LogP contribution in [0.5, 0.6) is 0 Å². The molecule has 0 aromatic heterocycles. The van der Waals surface area contributed by atoms with Crippen LogP contribution in [0.2, 0.25) is 0 Å². The topological polar surface area (TPSA) is 17.1 Å². The minimum absolute atomic E-state index is 0.735. The van der Waals surface area contributed by atoms with Crippen molar-refractivity contribution in [3.8, 4) is 0 Å². The van der Waals surface area contributed by atoms with Crippen LogP contribution in [0.15, 0.2) is 18.2 Å². The molecule has 1 aromatic rings. The molecule has 1 aromatic carbocycles. The molecule has 9 heavy (non-hydrogen) atoms. The van der Waals surface area contributed by atoms with Gasteiger partial charge in [0, 0.05) is 16.0 Å². The van der Waals surface area contributed by atoms with Gasteiger partial charge in [0.15, 0.2) is 0 Å². The summed E-state index contributed by atoms with van der Waals surface area (Å²) in [6.45, 7) is 0. The van der Waals surface area contributed by atoms with Crippen LogP contribution in [0.25, 0.3) is 5.73 Å². The molecule has 0 spiro atoms. The molecule has 2 rings (SSSR count). The van der Waals surface area contributed by atoms with E-state index in [4.69, 9.17) is 0 Å². The average molecular weight is 116 g/mol. The largest absolute Gasteiger partial charge is 0.298 e. The van der Waals surface area contributed by atoms with Gasteiger partial charge in [-0.15, -0.1) is 5.73 Å². The van der Waals surface area contributed by atoms with Crippen molar-refractivity contribution in [3.05, 3.63) is 34.2 Å². The van der Waals surface area contributed by atoms with Gasteiger partial charge in [-0.1, -0.05) is 6.07 Å². The van der Waals surface area contributed by atoms with Gasteiger partial charge >= 0.3 is 0 Å². The smallest absolute Gasteiger partial charge is 0.150 e. The Morgan fingerprint density at radius 3 is 2.89 bits per heavy atom. The first-order valence-corrected chi connectivity index (χ1v) is 2.76. The fraction of sp³-hybridized carbons (Fsp3) is 0. The Morgan fingerprint density at radius 2 is 2.22 bits per heavy atom. The second kappa shape index (κ2) is 1.34. The van der Waals surface area contributed by atoms with Gasteiger partial charge in [-0.05, 0) is 12.1 Å². The first kappa shape index (κ1) is 4.54. The third-order valence-corrected chi connectivity index (χ3v) is 1.39. The van der Waals surface area contributed by atoms with Crippen molar-refractivity contribution < 1.29 is 4.79 Å². The van der Waals surface area contributed by atoms with E-state index < -0.39 is 0 Å². The Balaban J connectivity index is 2.71. The normalized spacial score (nSPS) is 10.7. The maximum absolute atomic E-state index is 10.2. The summed E-state index contributed by atoms with van der Waals surface area (Å²) in [6, 6.07) is 5.53. The van der Waals surface area contributed by atoms with Crippen LogP contribution < -0.4 is 10.4 Å². The molecule has 0 atom stereocenters. The molecule has 0 unspecified atom stereocenters.